The second-order valence-electron chi connectivity index (χ2n) is 3.80. The predicted octanol–water partition coefficient (Wildman–Crippen LogP) is 1.53. The van der Waals surface area contributed by atoms with Gasteiger partial charge in [-0.15, -0.1) is 0 Å². The highest BCUT2D eigenvalue weighted by molar-refractivity contribution is 6.04. The minimum atomic E-state index is -0.618. The van der Waals surface area contributed by atoms with Crippen molar-refractivity contribution in [3.05, 3.63) is 58.3 Å². The van der Waals surface area contributed by atoms with Gasteiger partial charge in [-0.1, -0.05) is 6.07 Å². The van der Waals surface area contributed by atoms with Gasteiger partial charge in [0, 0.05) is 17.8 Å². The fourth-order valence-electron chi connectivity index (χ4n) is 1.57. The summed E-state index contributed by atoms with van der Waals surface area (Å²) in [7, 11) is 0. The number of hydrogen-bond acceptors (Lipinski definition) is 6. The summed E-state index contributed by atoms with van der Waals surface area (Å²) in [4.78, 5) is 26.2. The van der Waals surface area contributed by atoms with Gasteiger partial charge in [-0.2, -0.15) is 0 Å². The van der Waals surface area contributed by atoms with Crippen LogP contribution in [0.4, 0.5) is 17.2 Å². The molecule has 0 aliphatic rings. The molecule has 0 bridgehead atoms. The zero-order chi connectivity index (χ0) is 14.5. The van der Waals surface area contributed by atoms with E-state index < -0.39 is 10.8 Å². The van der Waals surface area contributed by atoms with Gasteiger partial charge in [0.15, 0.2) is 0 Å². The van der Waals surface area contributed by atoms with Crippen molar-refractivity contribution >= 4 is 23.1 Å². The van der Waals surface area contributed by atoms with Crippen molar-refractivity contribution in [1.29, 1.82) is 0 Å². The van der Waals surface area contributed by atoms with Gasteiger partial charge in [-0.25, -0.2) is 4.98 Å². The Hall–Kier alpha value is -3.00. The van der Waals surface area contributed by atoms with E-state index >= 15 is 0 Å². The molecule has 0 fully saturated rings. The second kappa shape index (κ2) is 5.76. The Bertz CT molecular complexity index is 645. The van der Waals surface area contributed by atoms with E-state index in [4.69, 9.17) is 5.84 Å². The van der Waals surface area contributed by atoms with Crippen molar-refractivity contribution in [2.75, 3.05) is 10.7 Å². The Morgan fingerprint density at radius 2 is 2.10 bits per heavy atom. The van der Waals surface area contributed by atoms with Crippen molar-refractivity contribution in [2.45, 2.75) is 0 Å². The highest BCUT2D eigenvalue weighted by atomic mass is 16.6. The molecule has 0 radical (unpaired) electrons. The molecule has 2 aromatic rings. The maximum atomic E-state index is 12.0. The van der Waals surface area contributed by atoms with Crippen molar-refractivity contribution in [3.8, 4) is 0 Å². The van der Waals surface area contributed by atoms with Crippen LogP contribution in [-0.2, 0) is 0 Å². The zero-order valence-corrected chi connectivity index (χ0v) is 10.2. The number of hydrazine groups is 1. The van der Waals surface area contributed by atoms with Crippen LogP contribution in [0.2, 0.25) is 0 Å². The normalized spacial score (nSPS) is 9.85. The molecule has 0 aliphatic heterocycles. The SMILES string of the molecule is NNc1ccc(C(=O)Nc2ccccn2)cc1[N+](=O)[O-]. The molecule has 1 aromatic heterocycles. The largest absolute Gasteiger partial charge is 0.318 e. The molecule has 0 saturated heterocycles. The third-order valence-electron chi connectivity index (χ3n) is 2.52. The number of benzene rings is 1. The van der Waals surface area contributed by atoms with Gasteiger partial charge in [-0.3, -0.25) is 20.8 Å². The van der Waals surface area contributed by atoms with Crippen LogP contribution in [0, 0.1) is 10.1 Å². The van der Waals surface area contributed by atoms with E-state index in [9.17, 15) is 14.9 Å². The molecule has 102 valence electrons. The van der Waals surface area contributed by atoms with Crippen LogP contribution < -0.4 is 16.6 Å². The molecule has 4 N–H and O–H groups in total. The lowest BCUT2D eigenvalue weighted by atomic mass is 10.1. The molecular formula is C12H11N5O3. The minimum Gasteiger partial charge on any atom is -0.318 e. The quantitative estimate of drug-likeness (QED) is 0.441. The molecule has 1 amide bonds. The molecular weight excluding hydrogens is 262 g/mol. The van der Waals surface area contributed by atoms with E-state index in [2.05, 4.69) is 15.7 Å². The number of nitrogens with one attached hydrogen (secondary N) is 2. The Morgan fingerprint density at radius 3 is 2.70 bits per heavy atom. The lowest BCUT2D eigenvalue weighted by Gasteiger charge is -2.06. The van der Waals surface area contributed by atoms with Gasteiger partial charge in [0.25, 0.3) is 11.6 Å². The van der Waals surface area contributed by atoms with Crippen LogP contribution in [0.15, 0.2) is 42.6 Å². The van der Waals surface area contributed by atoms with Crippen LogP contribution >= 0.6 is 0 Å². The van der Waals surface area contributed by atoms with Gasteiger partial charge in [0.1, 0.15) is 11.5 Å². The van der Waals surface area contributed by atoms with Crippen molar-refractivity contribution in [2.24, 2.45) is 5.84 Å². The first-order valence-corrected chi connectivity index (χ1v) is 5.59. The molecule has 0 aliphatic carbocycles. The first kappa shape index (κ1) is 13.4. The number of rotatable bonds is 4. The van der Waals surface area contributed by atoms with E-state index in [-0.39, 0.29) is 16.9 Å². The number of pyridine rings is 1. The number of nitrogens with two attached hydrogens (primary N) is 1. The number of carbonyl (C=O) groups is 1. The van der Waals surface area contributed by atoms with E-state index in [1.165, 1.54) is 18.3 Å². The summed E-state index contributed by atoms with van der Waals surface area (Å²) in [6.07, 6.45) is 1.53. The Balaban J connectivity index is 2.27. The summed E-state index contributed by atoms with van der Waals surface area (Å²) in [5, 5.41) is 13.4. The number of anilines is 2. The number of hydrogen-bond donors (Lipinski definition) is 3. The monoisotopic (exact) mass is 273 g/mol. The molecule has 2 rings (SSSR count). The zero-order valence-electron chi connectivity index (χ0n) is 10.2. The van der Waals surface area contributed by atoms with Gasteiger partial charge < -0.3 is 10.7 Å². The molecule has 1 heterocycles. The Kier molecular flexibility index (Phi) is 3.87. The second-order valence-corrected chi connectivity index (χ2v) is 3.80. The van der Waals surface area contributed by atoms with Crippen LogP contribution in [-0.4, -0.2) is 15.8 Å². The van der Waals surface area contributed by atoms with Gasteiger partial charge in [-0.05, 0) is 24.3 Å². The molecule has 8 heteroatoms. The lowest BCUT2D eigenvalue weighted by Crippen LogP contribution is -2.14. The minimum absolute atomic E-state index is 0.129. The third-order valence-corrected chi connectivity index (χ3v) is 2.52. The molecule has 1 aromatic carbocycles. The van der Waals surface area contributed by atoms with Crippen LogP contribution in [0.1, 0.15) is 10.4 Å². The topological polar surface area (TPSA) is 123 Å². The lowest BCUT2D eigenvalue weighted by molar-refractivity contribution is -0.384. The van der Waals surface area contributed by atoms with Crippen LogP contribution in [0.3, 0.4) is 0 Å². The fraction of sp³-hybridized carbons (Fsp3) is 0. The van der Waals surface area contributed by atoms with Crippen LogP contribution in [0.25, 0.3) is 0 Å². The van der Waals surface area contributed by atoms with E-state index in [1.54, 1.807) is 18.2 Å². The number of nitrogens with zero attached hydrogens (tertiary/aromatic N) is 2. The number of carbonyl (C=O) groups excluding carboxylic acids is 1. The predicted molar refractivity (Wildman–Crippen MR) is 73.1 cm³/mol. The first-order chi connectivity index (χ1) is 9.61. The Morgan fingerprint density at radius 1 is 1.30 bits per heavy atom. The van der Waals surface area contributed by atoms with Crippen molar-refractivity contribution in [3.63, 3.8) is 0 Å². The van der Waals surface area contributed by atoms with E-state index in [0.29, 0.717) is 5.82 Å². The highest BCUT2D eigenvalue weighted by Crippen LogP contribution is 2.24. The van der Waals surface area contributed by atoms with Gasteiger partial charge >= 0.3 is 0 Å². The first-order valence-electron chi connectivity index (χ1n) is 5.59. The summed E-state index contributed by atoms with van der Waals surface area (Å²) >= 11 is 0. The molecule has 8 nitrogen and oxygen atoms in total. The van der Waals surface area contributed by atoms with Gasteiger partial charge in [0.2, 0.25) is 0 Å². The average molecular weight is 273 g/mol. The maximum absolute atomic E-state index is 12.0. The smallest absolute Gasteiger partial charge is 0.294 e. The summed E-state index contributed by atoms with van der Waals surface area (Å²) in [5.74, 6) is 5.04. The molecule has 0 unspecified atom stereocenters. The highest BCUT2D eigenvalue weighted by Gasteiger charge is 2.17. The molecule has 0 atom stereocenters. The summed E-state index contributed by atoms with van der Waals surface area (Å²) < 4.78 is 0. The van der Waals surface area contributed by atoms with E-state index in [1.807, 2.05) is 0 Å². The molecule has 0 saturated carbocycles. The summed E-state index contributed by atoms with van der Waals surface area (Å²) in [6, 6.07) is 8.98. The maximum Gasteiger partial charge on any atom is 0.294 e. The third kappa shape index (κ3) is 2.87. The number of nitro benzene ring substituents is 1. The number of nitro groups is 1. The number of amides is 1. The summed E-state index contributed by atoms with van der Waals surface area (Å²) in [5.41, 5.74) is 2.20. The molecule has 0 spiro atoms. The van der Waals surface area contributed by atoms with Gasteiger partial charge in [0.05, 0.1) is 4.92 Å². The van der Waals surface area contributed by atoms with Crippen LogP contribution in [0.5, 0.6) is 0 Å². The number of aromatic nitrogens is 1. The average Bonchev–Trinajstić information content (AvgIpc) is 2.47. The fourth-order valence-corrected chi connectivity index (χ4v) is 1.57. The van der Waals surface area contributed by atoms with Crippen molar-refractivity contribution < 1.29 is 9.72 Å². The van der Waals surface area contributed by atoms with E-state index in [0.717, 1.165) is 6.07 Å². The summed E-state index contributed by atoms with van der Waals surface area (Å²) in [6.45, 7) is 0. The number of nitrogen functional groups attached to an aromatic ring is 1. The molecule has 20 heavy (non-hydrogen) atoms. The standard InChI is InChI=1S/C12H11N5O3/c13-16-9-5-4-8(7-10(9)17(19)20)12(18)15-11-3-1-2-6-14-11/h1-7,16H,13H2,(H,14,15,18). The van der Waals surface area contributed by atoms with Crippen molar-refractivity contribution in [1.82, 2.24) is 4.98 Å². The Labute approximate surface area is 113 Å².